The second-order valence-corrected chi connectivity index (χ2v) is 3.32. The molecule has 0 spiro atoms. The van der Waals surface area contributed by atoms with E-state index in [9.17, 15) is 5.11 Å². The highest BCUT2D eigenvalue weighted by molar-refractivity contribution is 5.57. The molecule has 2 aromatic heterocycles. The van der Waals surface area contributed by atoms with Gasteiger partial charge in [-0.2, -0.15) is 4.98 Å². The highest BCUT2D eigenvalue weighted by atomic mass is 16.5. The van der Waals surface area contributed by atoms with Crippen molar-refractivity contribution in [1.29, 1.82) is 0 Å². The van der Waals surface area contributed by atoms with Crippen LogP contribution in [0.5, 0.6) is 0 Å². The predicted octanol–water partition coefficient (Wildman–Crippen LogP) is 1.49. The van der Waals surface area contributed by atoms with E-state index in [4.69, 9.17) is 4.52 Å². The summed E-state index contributed by atoms with van der Waals surface area (Å²) < 4.78 is 4.90. The monoisotopic (exact) mass is 205 g/mol. The number of hydrogen-bond acceptors (Lipinski definition) is 5. The zero-order chi connectivity index (χ0) is 10.8. The molecule has 0 saturated heterocycles. The summed E-state index contributed by atoms with van der Waals surface area (Å²) in [4.78, 5) is 8.06. The minimum Gasteiger partial charge on any atom is -0.384 e. The second-order valence-electron chi connectivity index (χ2n) is 3.32. The SMILES string of the molecule is Cc1ccncc1-c1noc(C(C)O)n1. The summed E-state index contributed by atoms with van der Waals surface area (Å²) in [6.45, 7) is 3.52. The first-order chi connectivity index (χ1) is 7.18. The van der Waals surface area contributed by atoms with Crippen molar-refractivity contribution >= 4 is 0 Å². The van der Waals surface area contributed by atoms with E-state index in [2.05, 4.69) is 15.1 Å². The van der Waals surface area contributed by atoms with Gasteiger partial charge in [0.1, 0.15) is 6.10 Å². The van der Waals surface area contributed by atoms with Gasteiger partial charge < -0.3 is 9.63 Å². The number of aliphatic hydroxyl groups excluding tert-OH is 1. The lowest BCUT2D eigenvalue weighted by Crippen LogP contribution is -1.91. The zero-order valence-electron chi connectivity index (χ0n) is 8.51. The summed E-state index contributed by atoms with van der Waals surface area (Å²) in [6.07, 6.45) is 2.63. The minimum atomic E-state index is -0.747. The fourth-order valence-electron chi connectivity index (χ4n) is 1.21. The molecule has 0 aliphatic carbocycles. The maximum atomic E-state index is 9.24. The van der Waals surface area contributed by atoms with Crippen molar-refractivity contribution in [3.8, 4) is 11.4 Å². The van der Waals surface area contributed by atoms with E-state index in [1.54, 1.807) is 19.3 Å². The molecule has 15 heavy (non-hydrogen) atoms. The van der Waals surface area contributed by atoms with Gasteiger partial charge in [0.05, 0.1) is 0 Å². The standard InChI is InChI=1S/C10H11N3O2/c1-6-3-4-11-5-8(6)9-12-10(7(2)14)15-13-9/h3-5,7,14H,1-2H3. The molecule has 0 radical (unpaired) electrons. The van der Waals surface area contributed by atoms with Crippen molar-refractivity contribution in [1.82, 2.24) is 15.1 Å². The smallest absolute Gasteiger partial charge is 0.255 e. The molecular weight excluding hydrogens is 194 g/mol. The summed E-state index contributed by atoms with van der Waals surface area (Å²) in [6, 6.07) is 1.87. The molecular formula is C10H11N3O2. The Morgan fingerprint density at radius 3 is 2.87 bits per heavy atom. The van der Waals surface area contributed by atoms with Crippen molar-refractivity contribution < 1.29 is 9.63 Å². The highest BCUT2D eigenvalue weighted by Crippen LogP contribution is 2.20. The summed E-state index contributed by atoms with van der Waals surface area (Å²) in [5.41, 5.74) is 1.83. The lowest BCUT2D eigenvalue weighted by atomic mass is 10.1. The van der Waals surface area contributed by atoms with Gasteiger partial charge in [-0.25, -0.2) is 0 Å². The van der Waals surface area contributed by atoms with Crippen molar-refractivity contribution in [3.05, 3.63) is 29.9 Å². The van der Waals surface area contributed by atoms with E-state index in [1.165, 1.54) is 0 Å². The lowest BCUT2D eigenvalue weighted by Gasteiger charge is -1.97. The average molecular weight is 205 g/mol. The molecule has 0 bridgehead atoms. The molecule has 0 aromatic carbocycles. The quantitative estimate of drug-likeness (QED) is 0.804. The fraction of sp³-hybridized carbons (Fsp3) is 0.300. The number of hydrogen-bond donors (Lipinski definition) is 1. The topological polar surface area (TPSA) is 72.0 Å². The van der Waals surface area contributed by atoms with Crippen LogP contribution in [0.15, 0.2) is 23.0 Å². The molecule has 1 unspecified atom stereocenters. The third-order valence-corrected chi connectivity index (χ3v) is 2.08. The second kappa shape index (κ2) is 3.78. The molecule has 1 N–H and O–H groups in total. The van der Waals surface area contributed by atoms with E-state index in [1.807, 2.05) is 13.0 Å². The van der Waals surface area contributed by atoms with Gasteiger partial charge in [0.2, 0.25) is 5.82 Å². The first kappa shape index (κ1) is 9.79. The van der Waals surface area contributed by atoms with Crippen LogP contribution in [0, 0.1) is 6.92 Å². The minimum absolute atomic E-state index is 0.216. The average Bonchev–Trinajstić information content (AvgIpc) is 2.67. The molecule has 2 rings (SSSR count). The van der Waals surface area contributed by atoms with Gasteiger partial charge in [-0.15, -0.1) is 0 Å². The van der Waals surface area contributed by atoms with Gasteiger partial charge >= 0.3 is 0 Å². The van der Waals surface area contributed by atoms with Gasteiger partial charge in [0.15, 0.2) is 0 Å². The van der Waals surface area contributed by atoms with E-state index in [0.29, 0.717) is 5.82 Å². The molecule has 5 heteroatoms. The molecule has 2 heterocycles. The molecule has 78 valence electrons. The van der Waals surface area contributed by atoms with Crippen molar-refractivity contribution in [2.24, 2.45) is 0 Å². The van der Waals surface area contributed by atoms with Crippen molar-refractivity contribution in [2.75, 3.05) is 0 Å². The fourth-order valence-corrected chi connectivity index (χ4v) is 1.21. The number of pyridine rings is 1. The van der Waals surface area contributed by atoms with Crippen LogP contribution in [0.1, 0.15) is 24.5 Å². The van der Waals surface area contributed by atoms with Crippen LogP contribution in [0.3, 0.4) is 0 Å². The third kappa shape index (κ3) is 1.87. The molecule has 0 amide bonds. The third-order valence-electron chi connectivity index (χ3n) is 2.08. The summed E-state index contributed by atoms with van der Waals surface area (Å²) >= 11 is 0. The Morgan fingerprint density at radius 2 is 2.27 bits per heavy atom. The van der Waals surface area contributed by atoms with E-state index in [-0.39, 0.29) is 5.89 Å². The molecule has 2 aromatic rings. The largest absolute Gasteiger partial charge is 0.384 e. The summed E-state index contributed by atoms with van der Waals surface area (Å²) in [5, 5.41) is 13.0. The Morgan fingerprint density at radius 1 is 1.47 bits per heavy atom. The molecule has 0 aliphatic rings. The van der Waals surface area contributed by atoms with Gasteiger partial charge in [-0.05, 0) is 25.5 Å². The van der Waals surface area contributed by atoms with Crippen LogP contribution in [0.4, 0.5) is 0 Å². The Bertz CT molecular complexity index is 465. The van der Waals surface area contributed by atoms with E-state index < -0.39 is 6.10 Å². The lowest BCUT2D eigenvalue weighted by molar-refractivity contribution is 0.152. The Labute approximate surface area is 86.8 Å². The van der Waals surface area contributed by atoms with E-state index in [0.717, 1.165) is 11.1 Å². The van der Waals surface area contributed by atoms with Gasteiger partial charge in [-0.1, -0.05) is 5.16 Å². The molecule has 5 nitrogen and oxygen atoms in total. The van der Waals surface area contributed by atoms with Crippen LogP contribution < -0.4 is 0 Å². The van der Waals surface area contributed by atoms with E-state index >= 15 is 0 Å². The Kier molecular flexibility index (Phi) is 2.47. The van der Waals surface area contributed by atoms with Crippen LogP contribution in [-0.2, 0) is 0 Å². The predicted molar refractivity (Wildman–Crippen MR) is 52.9 cm³/mol. The Balaban J connectivity index is 2.42. The molecule has 0 aliphatic heterocycles. The maximum Gasteiger partial charge on any atom is 0.255 e. The number of nitrogens with zero attached hydrogens (tertiary/aromatic N) is 3. The van der Waals surface area contributed by atoms with Crippen molar-refractivity contribution in [2.45, 2.75) is 20.0 Å². The Hall–Kier alpha value is -1.75. The molecule has 0 saturated carbocycles. The van der Waals surface area contributed by atoms with Gasteiger partial charge in [-0.3, -0.25) is 4.98 Å². The van der Waals surface area contributed by atoms with Gasteiger partial charge in [0.25, 0.3) is 5.89 Å². The highest BCUT2D eigenvalue weighted by Gasteiger charge is 2.13. The normalized spacial score (nSPS) is 12.7. The summed E-state index contributed by atoms with van der Waals surface area (Å²) in [7, 11) is 0. The number of aromatic nitrogens is 3. The zero-order valence-corrected chi connectivity index (χ0v) is 8.51. The van der Waals surface area contributed by atoms with Crippen molar-refractivity contribution in [3.63, 3.8) is 0 Å². The number of aliphatic hydroxyl groups is 1. The van der Waals surface area contributed by atoms with Crippen LogP contribution >= 0.6 is 0 Å². The molecule has 1 atom stereocenters. The molecule has 0 fully saturated rings. The first-order valence-corrected chi connectivity index (χ1v) is 4.61. The van der Waals surface area contributed by atoms with Gasteiger partial charge in [0, 0.05) is 18.0 Å². The van der Waals surface area contributed by atoms with Crippen LogP contribution in [-0.4, -0.2) is 20.2 Å². The van der Waals surface area contributed by atoms with Crippen LogP contribution in [0.2, 0.25) is 0 Å². The maximum absolute atomic E-state index is 9.24. The first-order valence-electron chi connectivity index (χ1n) is 4.61. The van der Waals surface area contributed by atoms with Crippen LogP contribution in [0.25, 0.3) is 11.4 Å². The number of rotatable bonds is 2. The summed E-state index contributed by atoms with van der Waals surface area (Å²) in [5.74, 6) is 0.671. The number of aryl methyl sites for hydroxylation is 1.